The third-order valence-corrected chi connectivity index (χ3v) is 4.73. The van der Waals surface area contributed by atoms with Crippen LogP contribution in [0.2, 0.25) is 0 Å². The van der Waals surface area contributed by atoms with Crippen LogP contribution in [0, 0.1) is 0 Å². The van der Waals surface area contributed by atoms with E-state index in [1.807, 2.05) is 60.7 Å². The van der Waals surface area contributed by atoms with Crippen molar-refractivity contribution in [3.63, 3.8) is 0 Å². The van der Waals surface area contributed by atoms with Crippen LogP contribution in [-0.4, -0.2) is 12.6 Å². The molecule has 3 aromatic carbocycles. The number of aryl methyl sites for hydroxylation is 2. The summed E-state index contributed by atoms with van der Waals surface area (Å²) in [4.78, 5) is 12.0. The molecule has 1 aliphatic rings. The maximum atomic E-state index is 12.0. The highest BCUT2D eigenvalue weighted by Crippen LogP contribution is 2.26. The van der Waals surface area contributed by atoms with Crippen molar-refractivity contribution < 1.29 is 19.0 Å². The summed E-state index contributed by atoms with van der Waals surface area (Å²) in [5.74, 6) is 1.51. The van der Waals surface area contributed by atoms with Gasteiger partial charge in [-0.2, -0.15) is 0 Å². The van der Waals surface area contributed by atoms with E-state index in [1.165, 1.54) is 17.5 Å². The molecule has 0 radical (unpaired) electrons. The zero-order chi connectivity index (χ0) is 19.2. The third kappa shape index (κ3) is 4.71. The fourth-order valence-corrected chi connectivity index (χ4v) is 3.29. The van der Waals surface area contributed by atoms with Crippen molar-refractivity contribution in [2.75, 3.05) is 6.61 Å². The number of ether oxygens (including phenoxy) is 3. The SMILES string of the molecule is O=C(COc1ccc(OCc2ccccc2)cc1)Oc1ccc2c(c1)CCC2. The molecule has 1 aliphatic carbocycles. The first kappa shape index (κ1) is 18.1. The van der Waals surface area contributed by atoms with Gasteiger partial charge >= 0.3 is 5.97 Å². The van der Waals surface area contributed by atoms with Gasteiger partial charge in [-0.3, -0.25) is 0 Å². The van der Waals surface area contributed by atoms with Gasteiger partial charge in [0.05, 0.1) is 0 Å². The average Bonchev–Trinajstić information content (AvgIpc) is 3.20. The topological polar surface area (TPSA) is 44.8 Å². The van der Waals surface area contributed by atoms with Gasteiger partial charge in [0, 0.05) is 0 Å². The Balaban J connectivity index is 1.24. The van der Waals surface area contributed by atoms with Gasteiger partial charge in [-0.15, -0.1) is 0 Å². The quantitative estimate of drug-likeness (QED) is 0.443. The van der Waals surface area contributed by atoms with Gasteiger partial charge in [0.1, 0.15) is 23.9 Å². The zero-order valence-corrected chi connectivity index (χ0v) is 15.6. The van der Waals surface area contributed by atoms with Crippen LogP contribution >= 0.6 is 0 Å². The highest BCUT2D eigenvalue weighted by molar-refractivity contribution is 5.74. The molecule has 0 amide bonds. The van der Waals surface area contributed by atoms with E-state index in [4.69, 9.17) is 14.2 Å². The molecule has 4 heteroatoms. The van der Waals surface area contributed by atoms with Crippen molar-refractivity contribution >= 4 is 5.97 Å². The second kappa shape index (κ2) is 8.61. The maximum absolute atomic E-state index is 12.0. The third-order valence-electron chi connectivity index (χ3n) is 4.73. The second-order valence-electron chi connectivity index (χ2n) is 6.79. The van der Waals surface area contributed by atoms with Gasteiger partial charge in [0.15, 0.2) is 6.61 Å². The highest BCUT2D eigenvalue weighted by Gasteiger charge is 2.13. The fourth-order valence-electron chi connectivity index (χ4n) is 3.29. The van der Waals surface area contributed by atoms with Crippen LogP contribution in [0.25, 0.3) is 0 Å². The summed E-state index contributed by atoms with van der Waals surface area (Å²) < 4.78 is 16.6. The monoisotopic (exact) mass is 374 g/mol. The van der Waals surface area contributed by atoms with E-state index in [0.29, 0.717) is 18.1 Å². The van der Waals surface area contributed by atoms with Crippen LogP contribution in [0.1, 0.15) is 23.1 Å². The number of carbonyl (C=O) groups excluding carboxylic acids is 1. The number of fused-ring (bicyclic) bond motifs is 1. The molecule has 0 heterocycles. The summed E-state index contributed by atoms with van der Waals surface area (Å²) in [6, 6.07) is 23.0. The van der Waals surface area contributed by atoms with Gasteiger partial charge in [-0.1, -0.05) is 36.4 Å². The Morgan fingerprint density at radius 3 is 2.21 bits per heavy atom. The lowest BCUT2D eigenvalue weighted by Gasteiger charge is -2.09. The molecule has 0 N–H and O–H groups in total. The van der Waals surface area contributed by atoms with E-state index in [1.54, 1.807) is 12.1 Å². The molecule has 0 aliphatic heterocycles. The smallest absolute Gasteiger partial charge is 0.349 e. The number of carbonyl (C=O) groups is 1. The number of hydrogen-bond acceptors (Lipinski definition) is 4. The van der Waals surface area contributed by atoms with Crippen molar-refractivity contribution in [2.24, 2.45) is 0 Å². The van der Waals surface area contributed by atoms with E-state index in [0.717, 1.165) is 24.2 Å². The zero-order valence-electron chi connectivity index (χ0n) is 15.6. The summed E-state index contributed by atoms with van der Waals surface area (Å²) in [7, 11) is 0. The highest BCUT2D eigenvalue weighted by atomic mass is 16.6. The Bertz CT molecular complexity index is 933. The molecule has 0 atom stereocenters. The molecule has 28 heavy (non-hydrogen) atoms. The van der Waals surface area contributed by atoms with Crippen LogP contribution in [0.4, 0.5) is 0 Å². The fraction of sp³-hybridized carbons (Fsp3) is 0.208. The summed E-state index contributed by atoms with van der Waals surface area (Å²) in [5, 5.41) is 0. The molecule has 0 aromatic heterocycles. The minimum Gasteiger partial charge on any atom is -0.489 e. The molecule has 4 nitrogen and oxygen atoms in total. The maximum Gasteiger partial charge on any atom is 0.349 e. The molecule has 0 unspecified atom stereocenters. The lowest BCUT2D eigenvalue weighted by Crippen LogP contribution is -2.17. The number of hydrogen-bond donors (Lipinski definition) is 0. The van der Waals surface area contributed by atoms with Gasteiger partial charge in [-0.05, 0) is 72.4 Å². The Kier molecular flexibility index (Phi) is 5.57. The first-order chi connectivity index (χ1) is 13.8. The van der Waals surface area contributed by atoms with E-state index in [2.05, 4.69) is 0 Å². The van der Waals surface area contributed by atoms with Crippen molar-refractivity contribution in [1.29, 1.82) is 0 Å². The lowest BCUT2D eigenvalue weighted by atomic mass is 10.1. The Morgan fingerprint density at radius 2 is 1.43 bits per heavy atom. The van der Waals surface area contributed by atoms with Crippen LogP contribution in [0.3, 0.4) is 0 Å². The predicted molar refractivity (Wildman–Crippen MR) is 107 cm³/mol. The second-order valence-corrected chi connectivity index (χ2v) is 6.79. The van der Waals surface area contributed by atoms with Gasteiger partial charge in [-0.25, -0.2) is 4.79 Å². The lowest BCUT2D eigenvalue weighted by molar-refractivity contribution is -0.136. The number of esters is 1. The largest absolute Gasteiger partial charge is 0.489 e. The Labute approximate surface area is 164 Å². The van der Waals surface area contributed by atoms with Gasteiger partial charge in [0.25, 0.3) is 0 Å². The average molecular weight is 374 g/mol. The van der Waals surface area contributed by atoms with E-state index >= 15 is 0 Å². The number of benzene rings is 3. The van der Waals surface area contributed by atoms with Crippen LogP contribution in [0.5, 0.6) is 17.2 Å². The van der Waals surface area contributed by atoms with Crippen molar-refractivity contribution in [1.82, 2.24) is 0 Å². The summed E-state index contributed by atoms with van der Waals surface area (Å²) in [6.07, 6.45) is 3.33. The molecule has 0 saturated carbocycles. The molecule has 0 fully saturated rings. The summed E-state index contributed by atoms with van der Waals surface area (Å²) in [5.41, 5.74) is 3.74. The van der Waals surface area contributed by atoms with E-state index in [9.17, 15) is 4.79 Å². The molecule has 3 aromatic rings. The molecule has 4 rings (SSSR count). The molecule has 0 saturated heterocycles. The van der Waals surface area contributed by atoms with Gasteiger partial charge in [0.2, 0.25) is 0 Å². The Morgan fingerprint density at radius 1 is 0.750 bits per heavy atom. The normalized spacial score (nSPS) is 12.3. The van der Waals surface area contributed by atoms with Crippen LogP contribution in [-0.2, 0) is 24.2 Å². The predicted octanol–water partition coefficient (Wildman–Crippen LogP) is 4.74. The van der Waals surface area contributed by atoms with Crippen molar-refractivity contribution in [3.05, 3.63) is 89.5 Å². The first-order valence-corrected chi connectivity index (χ1v) is 9.48. The van der Waals surface area contributed by atoms with E-state index < -0.39 is 5.97 Å². The van der Waals surface area contributed by atoms with Gasteiger partial charge < -0.3 is 14.2 Å². The minimum absolute atomic E-state index is 0.138. The summed E-state index contributed by atoms with van der Waals surface area (Å²) in [6.45, 7) is 0.370. The van der Waals surface area contributed by atoms with E-state index in [-0.39, 0.29) is 6.61 Å². The number of rotatable bonds is 7. The molecule has 0 spiro atoms. The summed E-state index contributed by atoms with van der Waals surface area (Å²) >= 11 is 0. The van der Waals surface area contributed by atoms with Crippen LogP contribution < -0.4 is 14.2 Å². The van der Waals surface area contributed by atoms with Crippen molar-refractivity contribution in [3.8, 4) is 17.2 Å². The first-order valence-electron chi connectivity index (χ1n) is 9.48. The molecule has 0 bridgehead atoms. The standard InChI is InChI=1S/C24H22O4/c25-24(28-23-10-9-19-7-4-8-20(19)15-23)17-27-22-13-11-21(12-14-22)26-16-18-5-2-1-3-6-18/h1-3,5-6,9-15H,4,7-8,16-17H2. The molecular weight excluding hydrogens is 352 g/mol. The van der Waals surface area contributed by atoms with Crippen molar-refractivity contribution in [2.45, 2.75) is 25.9 Å². The molecular formula is C24H22O4. The minimum atomic E-state index is -0.414. The molecule has 142 valence electrons. The van der Waals surface area contributed by atoms with Crippen LogP contribution in [0.15, 0.2) is 72.8 Å². The Hall–Kier alpha value is -3.27.